The zero-order valence-corrected chi connectivity index (χ0v) is 17.7. The molecule has 0 aliphatic carbocycles. The number of methoxy groups -OCH3 is 1. The molecule has 162 valence electrons. The fraction of sp³-hybridized carbons (Fsp3) is 0.348. The van der Waals surface area contributed by atoms with Crippen LogP contribution in [-0.4, -0.2) is 53.9 Å². The first-order chi connectivity index (χ1) is 15.0. The normalized spacial score (nSPS) is 14.2. The Hall–Kier alpha value is -3.42. The molecule has 0 unspecified atom stereocenters. The number of nitrogens with zero attached hydrogens (tertiary/aromatic N) is 4. The summed E-state index contributed by atoms with van der Waals surface area (Å²) in [6.07, 6.45) is 0.747. The van der Waals surface area contributed by atoms with Crippen LogP contribution in [0.4, 0.5) is 10.1 Å². The number of fused-ring (bicyclic) bond motifs is 1. The summed E-state index contributed by atoms with van der Waals surface area (Å²) >= 11 is 0. The third-order valence-electron chi connectivity index (χ3n) is 5.56. The van der Waals surface area contributed by atoms with Gasteiger partial charge in [-0.2, -0.15) is 5.10 Å². The molecule has 1 aliphatic heterocycles. The summed E-state index contributed by atoms with van der Waals surface area (Å²) in [5.74, 6) is -0.0691. The predicted octanol–water partition coefficient (Wildman–Crippen LogP) is 2.92. The largest absolute Gasteiger partial charge is 0.494 e. The second-order valence-corrected chi connectivity index (χ2v) is 7.52. The van der Waals surface area contributed by atoms with Gasteiger partial charge < -0.3 is 14.5 Å². The van der Waals surface area contributed by atoms with Crippen LogP contribution < -0.4 is 15.2 Å². The molecule has 0 spiro atoms. The summed E-state index contributed by atoms with van der Waals surface area (Å²) in [5.41, 5.74) is 0.926. The molecule has 1 amide bonds. The van der Waals surface area contributed by atoms with Crippen molar-refractivity contribution in [3.8, 4) is 5.75 Å². The van der Waals surface area contributed by atoms with E-state index in [1.807, 2.05) is 13.0 Å². The van der Waals surface area contributed by atoms with E-state index >= 15 is 0 Å². The van der Waals surface area contributed by atoms with Crippen LogP contribution in [0, 0.1) is 5.82 Å². The first-order valence-electron chi connectivity index (χ1n) is 10.4. The quantitative estimate of drug-likeness (QED) is 0.630. The van der Waals surface area contributed by atoms with E-state index in [9.17, 15) is 14.0 Å². The lowest BCUT2D eigenvalue weighted by Gasteiger charge is -2.36. The van der Waals surface area contributed by atoms with E-state index < -0.39 is 0 Å². The molecule has 4 rings (SSSR count). The van der Waals surface area contributed by atoms with Gasteiger partial charge in [-0.3, -0.25) is 9.59 Å². The lowest BCUT2D eigenvalue weighted by molar-refractivity contribution is 0.0740. The molecule has 1 saturated heterocycles. The average Bonchev–Trinajstić information content (AvgIpc) is 2.80. The van der Waals surface area contributed by atoms with Gasteiger partial charge in [0.25, 0.3) is 11.5 Å². The van der Waals surface area contributed by atoms with Crippen LogP contribution in [0.3, 0.4) is 0 Å². The minimum absolute atomic E-state index is 0.178. The van der Waals surface area contributed by atoms with Gasteiger partial charge >= 0.3 is 0 Å². The number of aryl methyl sites for hydroxylation is 1. The van der Waals surface area contributed by atoms with Crippen molar-refractivity contribution < 1.29 is 13.9 Å². The number of aromatic nitrogens is 2. The number of anilines is 1. The molecule has 3 aromatic rings. The van der Waals surface area contributed by atoms with E-state index in [1.165, 1.54) is 23.9 Å². The summed E-state index contributed by atoms with van der Waals surface area (Å²) in [6.45, 7) is 4.57. The highest BCUT2D eigenvalue weighted by molar-refractivity contribution is 6.04. The minimum atomic E-state index is -0.352. The number of piperazine rings is 1. The van der Waals surface area contributed by atoms with Gasteiger partial charge in [-0.1, -0.05) is 25.1 Å². The third kappa shape index (κ3) is 3.97. The molecule has 0 atom stereocenters. The number of halogens is 1. The first-order valence-corrected chi connectivity index (χ1v) is 10.4. The summed E-state index contributed by atoms with van der Waals surface area (Å²) in [4.78, 5) is 29.9. The minimum Gasteiger partial charge on any atom is -0.494 e. The first kappa shape index (κ1) is 20.8. The number of benzene rings is 2. The maximum atomic E-state index is 13.5. The van der Waals surface area contributed by atoms with E-state index in [0.29, 0.717) is 54.9 Å². The fourth-order valence-corrected chi connectivity index (χ4v) is 3.97. The maximum Gasteiger partial charge on any atom is 0.275 e. The zero-order valence-electron chi connectivity index (χ0n) is 17.7. The summed E-state index contributed by atoms with van der Waals surface area (Å²) in [6, 6.07) is 11.6. The summed E-state index contributed by atoms with van der Waals surface area (Å²) in [5, 5.41) is 5.50. The molecule has 8 heteroatoms. The van der Waals surface area contributed by atoms with Crippen molar-refractivity contribution >= 4 is 22.4 Å². The Morgan fingerprint density at radius 2 is 1.81 bits per heavy atom. The highest BCUT2D eigenvalue weighted by Crippen LogP contribution is 2.30. The molecule has 7 nitrogen and oxygen atoms in total. The molecule has 1 aromatic heterocycles. The molecular weight excluding hydrogens is 399 g/mol. The second kappa shape index (κ2) is 8.75. The van der Waals surface area contributed by atoms with Crippen LogP contribution in [0.1, 0.15) is 23.8 Å². The van der Waals surface area contributed by atoms with Crippen LogP contribution in [0.15, 0.2) is 47.3 Å². The number of carbonyl (C=O) groups excluding carboxylic acids is 1. The standard InChI is InChI=1S/C23H25FN4O3/c1-3-10-28-22(29)18-7-5-4-6-17(18)21(25-28)23(30)27-13-11-26(12-14-27)19-9-8-16(24)15-20(19)31-2/h4-9,15H,3,10-14H2,1-2H3. The van der Waals surface area contributed by atoms with Crippen LogP contribution in [-0.2, 0) is 6.54 Å². The van der Waals surface area contributed by atoms with Crippen molar-refractivity contribution in [1.29, 1.82) is 0 Å². The number of rotatable bonds is 5. The predicted molar refractivity (Wildman–Crippen MR) is 117 cm³/mol. The average molecular weight is 424 g/mol. The van der Waals surface area contributed by atoms with Crippen molar-refractivity contribution in [1.82, 2.24) is 14.7 Å². The molecule has 1 aliphatic rings. The van der Waals surface area contributed by atoms with Crippen LogP contribution in [0.5, 0.6) is 5.75 Å². The van der Waals surface area contributed by atoms with Gasteiger partial charge in [-0.15, -0.1) is 0 Å². The third-order valence-corrected chi connectivity index (χ3v) is 5.56. The highest BCUT2D eigenvalue weighted by Gasteiger charge is 2.27. The molecule has 0 radical (unpaired) electrons. The van der Waals surface area contributed by atoms with E-state index in [4.69, 9.17) is 4.74 Å². The van der Waals surface area contributed by atoms with Gasteiger partial charge in [0.2, 0.25) is 0 Å². The van der Waals surface area contributed by atoms with Crippen molar-refractivity contribution in [2.45, 2.75) is 19.9 Å². The molecule has 0 saturated carbocycles. The Kier molecular flexibility index (Phi) is 5.88. The van der Waals surface area contributed by atoms with E-state index in [1.54, 1.807) is 29.2 Å². The molecular formula is C23H25FN4O3. The Balaban J connectivity index is 1.59. The van der Waals surface area contributed by atoms with E-state index in [2.05, 4.69) is 10.00 Å². The Labute approximate surface area is 179 Å². The lowest BCUT2D eigenvalue weighted by atomic mass is 10.1. The number of ether oxygens (including phenoxy) is 1. The fourth-order valence-electron chi connectivity index (χ4n) is 3.97. The Bertz CT molecular complexity index is 1170. The Morgan fingerprint density at radius 3 is 2.48 bits per heavy atom. The topological polar surface area (TPSA) is 67.7 Å². The highest BCUT2D eigenvalue weighted by atomic mass is 19.1. The number of carbonyl (C=O) groups is 1. The van der Waals surface area contributed by atoms with E-state index in [-0.39, 0.29) is 17.3 Å². The molecule has 31 heavy (non-hydrogen) atoms. The maximum absolute atomic E-state index is 13.5. The van der Waals surface area contributed by atoms with Crippen LogP contribution >= 0.6 is 0 Å². The van der Waals surface area contributed by atoms with Crippen molar-refractivity contribution in [2.24, 2.45) is 0 Å². The molecule has 2 heterocycles. The van der Waals surface area contributed by atoms with Gasteiger partial charge in [0, 0.05) is 44.2 Å². The molecule has 0 N–H and O–H groups in total. The van der Waals surface area contributed by atoms with Gasteiger partial charge in [-0.05, 0) is 24.6 Å². The van der Waals surface area contributed by atoms with Crippen LogP contribution in [0.2, 0.25) is 0 Å². The monoisotopic (exact) mass is 424 g/mol. The number of amides is 1. The smallest absolute Gasteiger partial charge is 0.275 e. The SMILES string of the molecule is CCCn1nc(C(=O)N2CCN(c3ccc(F)cc3OC)CC2)c2ccccc2c1=O. The second-order valence-electron chi connectivity index (χ2n) is 7.52. The van der Waals surface area contributed by atoms with Crippen molar-refractivity contribution in [2.75, 3.05) is 38.2 Å². The summed E-state index contributed by atoms with van der Waals surface area (Å²) < 4.78 is 20.2. The Morgan fingerprint density at radius 1 is 1.10 bits per heavy atom. The summed E-state index contributed by atoms with van der Waals surface area (Å²) in [7, 11) is 1.51. The van der Waals surface area contributed by atoms with Crippen LogP contribution in [0.25, 0.3) is 10.8 Å². The van der Waals surface area contributed by atoms with Gasteiger partial charge in [0.1, 0.15) is 11.6 Å². The van der Waals surface area contributed by atoms with E-state index in [0.717, 1.165) is 12.1 Å². The van der Waals surface area contributed by atoms with Gasteiger partial charge in [0.05, 0.1) is 18.2 Å². The number of hydrogen-bond donors (Lipinski definition) is 0. The zero-order chi connectivity index (χ0) is 22.0. The number of hydrogen-bond acceptors (Lipinski definition) is 5. The molecule has 2 aromatic carbocycles. The van der Waals surface area contributed by atoms with Crippen molar-refractivity contribution in [3.63, 3.8) is 0 Å². The molecule has 0 bridgehead atoms. The lowest BCUT2D eigenvalue weighted by Crippen LogP contribution is -2.49. The van der Waals surface area contributed by atoms with Gasteiger partial charge in [-0.25, -0.2) is 9.07 Å². The molecule has 1 fully saturated rings. The van der Waals surface area contributed by atoms with Gasteiger partial charge in [0.15, 0.2) is 5.69 Å². The van der Waals surface area contributed by atoms with Crippen molar-refractivity contribution in [3.05, 3.63) is 64.3 Å².